The summed E-state index contributed by atoms with van der Waals surface area (Å²) in [4.78, 5) is 0. The van der Waals surface area contributed by atoms with E-state index in [0.29, 0.717) is 0 Å². The molecule has 0 amide bonds. The van der Waals surface area contributed by atoms with Crippen LogP contribution in [0.15, 0.2) is 0 Å². The molecule has 0 aliphatic carbocycles. The summed E-state index contributed by atoms with van der Waals surface area (Å²) in [5.74, 6) is 0. The molecule has 0 fully saturated rings. The Bertz CT molecular complexity index is 33.5. The van der Waals surface area contributed by atoms with Crippen LogP contribution in [-0.4, -0.2) is 0 Å². The summed E-state index contributed by atoms with van der Waals surface area (Å²) in [5, 5.41) is 0. The molecule has 9 heteroatoms. The summed E-state index contributed by atoms with van der Waals surface area (Å²) in [6, 6.07) is 0. The van der Waals surface area contributed by atoms with Gasteiger partial charge in [0.1, 0.15) is 0 Å². The first kappa shape index (κ1) is 41.2. The Morgan fingerprint density at radius 2 is 1.00 bits per heavy atom. The van der Waals surface area contributed by atoms with Gasteiger partial charge in [0.15, 0.2) is 0 Å². The fraction of sp³-hybridized carbons (Fsp3) is 0. The van der Waals surface area contributed by atoms with Gasteiger partial charge in [0, 0.05) is 0 Å². The summed E-state index contributed by atoms with van der Waals surface area (Å²) in [6.07, 6.45) is 0. The molecule has 0 rings (SSSR count). The minimum atomic E-state index is 0. The number of hydrogen-bond donors (Lipinski definition) is 0. The second-order valence-corrected chi connectivity index (χ2v) is 0. The topological polar surface area (TPSA) is 51.2 Å². The van der Waals surface area contributed by atoms with Gasteiger partial charge in [0.25, 0.3) is 0 Å². The van der Waals surface area contributed by atoms with Crippen LogP contribution in [0.2, 0.25) is 0 Å². The normalized spacial score (nSPS) is 1.67. The van der Waals surface area contributed by atoms with Crippen molar-refractivity contribution < 1.29 is 119 Å². The molecule has 0 spiro atoms. The minimum absolute atomic E-state index is 0. The molecular weight excluding hydrogens is 241 g/mol. The Balaban J connectivity index is -0.00000000129. The molecule has 0 aromatic rings. The quantitative estimate of drug-likeness (QED) is 0.398. The van der Waals surface area contributed by atoms with E-state index in [-0.39, 0.29) is 60.9 Å². The van der Waals surface area contributed by atoms with Crippen molar-refractivity contribution in [3.05, 3.63) is 0 Å². The van der Waals surface area contributed by atoms with Crippen LogP contribution >= 0.6 is 0 Å². The fourth-order valence-electron chi connectivity index (χ4n) is 0. The second-order valence-electron chi connectivity index (χ2n) is 0. The maximum atomic E-state index is 8.06. The summed E-state index contributed by atoms with van der Waals surface area (Å²) in [5.41, 5.74) is 0. The molecule has 0 aliphatic heterocycles. The van der Waals surface area contributed by atoms with Gasteiger partial charge in [0.05, 0.1) is 0 Å². The van der Waals surface area contributed by atoms with Crippen molar-refractivity contribution in [3.63, 3.8) is 0 Å². The third-order valence-corrected chi connectivity index (χ3v) is 0. The molecule has 50 valence electrons. The Morgan fingerprint density at radius 3 is 1.00 bits per heavy atom. The average molecular weight is 244 g/mol. The zero-order valence-corrected chi connectivity index (χ0v) is 8.46. The molecule has 0 bridgehead atoms. The summed E-state index contributed by atoms with van der Waals surface area (Å²) in [7, 11) is 0. The summed E-state index contributed by atoms with van der Waals surface area (Å²) < 4.78 is 23.9. The zero-order valence-electron chi connectivity index (χ0n) is 8.25. The van der Waals surface area contributed by atoms with Crippen LogP contribution in [0.25, 0.3) is 0 Å². The van der Waals surface area contributed by atoms with E-state index in [9.17, 15) is 0 Å². The van der Waals surface area contributed by atoms with E-state index >= 15 is 0 Å². The number of rotatable bonds is 0. The predicted molar refractivity (Wildman–Crippen MR) is 5.40 cm³/mol. The third kappa shape index (κ3) is 111. The summed E-state index contributed by atoms with van der Waals surface area (Å²) in [6.45, 7) is 0. The van der Waals surface area contributed by atoms with Gasteiger partial charge in [-0.05, 0) is 0 Å². The maximum absolute atomic E-state index is 8.06. The van der Waals surface area contributed by atoms with Crippen molar-refractivity contribution in [2.24, 2.45) is 0 Å². The molecule has 0 saturated heterocycles. The molecule has 0 aliphatic rings. The van der Waals surface area contributed by atoms with Crippen molar-refractivity contribution >= 4 is 0 Å². The number of hydrogen-bond acceptors (Lipinski definition) is 3. The van der Waals surface area contributed by atoms with E-state index in [4.69, 9.17) is 11.6 Å². The van der Waals surface area contributed by atoms with Gasteiger partial charge in [-0.3, -0.25) is 0 Å². The van der Waals surface area contributed by atoms with Gasteiger partial charge >= 0.3 is 115 Å². The van der Waals surface area contributed by atoms with Crippen LogP contribution < -0.4 is 56.6 Å². The standard InChI is InChI=1S/Co.3Li.Mn.Ni.3O.3H/q;3*+1;;;;;;3*-1. The van der Waals surface area contributed by atoms with E-state index in [1.165, 1.54) is 0 Å². The van der Waals surface area contributed by atoms with Crippen molar-refractivity contribution in [1.82, 2.24) is 0 Å². The first-order chi connectivity index (χ1) is 3.00. The fourth-order valence-corrected chi connectivity index (χ4v) is 0. The molecule has 0 radical (unpaired) electrons. The third-order valence-electron chi connectivity index (χ3n) is 0. The van der Waals surface area contributed by atoms with E-state index < -0.39 is 0 Å². The van der Waals surface area contributed by atoms with Gasteiger partial charge < -0.3 is 4.28 Å². The molecule has 9 heavy (non-hydrogen) atoms. The van der Waals surface area contributed by atoms with Crippen molar-refractivity contribution in [1.29, 1.82) is 0 Å². The molecule has 0 heterocycles. The van der Waals surface area contributed by atoms with E-state index in [0.717, 1.165) is 0 Å². The van der Waals surface area contributed by atoms with Crippen LogP contribution in [0.4, 0.5) is 0 Å². The van der Waals surface area contributed by atoms with Gasteiger partial charge in [-0.15, -0.1) is 0 Å². The van der Waals surface area contributed by atoms with Gasteiger partial charge in [-0.25, -0.2) is 0 Å². The monoisotopic (exact) mass is 244 g/mol. The first-order valence-corrected chi connectivity index (χ1v) is 1.73. The molecule has 3 nitrogen and oxygen atoms in total. The summed E-state index contributed by atoms with van der Waals surface area (Å²) >= 11 is 6.62. The SMILES string of the molecule is [H-].[H-].[H-].[Li+].[Li+].[Li+].[O]=[Co].[O]=[Mn].[O]=[Ni]. The molecule has 0 unspecified atom stereocenters. The van der Waals surface area contributed by atoms with Gasteiger partial charge in [0.2, 0.25) is 0 Å². The predicted octanol–water partition coefficient (Wildman–Crippen LogP) is -9.01. The average Bonchev–Trinajstić information content (AvgIpc) is 1.81. The second kappa shape index (κ2) is 137. The van der Waals surface area contributed by atoms with Crippen molar-refractivity contribution in [2.45, 2.75) is 0 Å². The van der Waals surface area contributed by atoms with Crippen LogP contribution in [0.1, 0.15) is 4.28 Å². The Hall–Kier alpha value is 2.71. The van der Waals surface area contributed by atoms with Crippen molar-refractivity contribution in [2.75, 3.05) is 0 Å². The van der Waals surface area contributed by atoms with Gasteiger partial charge in [-0.2, -0.15) is 0 Å². The van der Waals surface area contributed by atoms with Crippen LogP contribution in [0.5, 0.6) is 0 Å². The molecule has 0 atom stereocenters. The molecule has 0 aromatic carbocycles. The Kier molecular flexibility index (Phi) is 629. The van der Waals surface area contributed by atoms with Crippen LogP contribution in [0.3, 0.4) is 0 Å². The zero-order chi connectivity index (χ0) is 6.00. The Morgan fingerprint density at radius 1 is 1.00 bits per heavy atom. The van der Waals surface area contributed by atoms with E-state index in [2.05, 4.69) is 31.1 Å². The molecule has 0 saturated carbocycles. The van der Waals surface area contributed by atoms with Crippen LogP contribution in [-0.2, 0) is 58.6 Å². The molecule has 0 aromatic heterocycles. The van der Waals surface area contributed by atoms with E-state index in [1.807, 2.05) is 0 Å². The first-order valence-electron chi connectivity index (χ1n) is 0.419. The van der Waals surface area contributed by atoms with Crippen molar-refractivity contribution in [3.8, 4) is 0 Å². The molecule has 0 N–H and O–H groups in total. The van der Waals surface area contributed by atoms with Crippen LogP contribution in [0, 0.1) is 0 Å². The Labute approximate surface area is 118 Å². The van der Waals surface area contributed by atoms with Gasteiger partial charge in [-0.1, -0.05) is 0 Å². The van der Waals surface area contributed by atoms with E-state index in [1.54, 1.807) is 15.9 Å². The molecular formula is H3CoLi3MnNiO3.